The molecule has 2 aliphatic heterocycles. The first-order chi connectivity index (χ1) is 31.3. The quantitative estimate of drug-likeness (QED) is 0.0681. The molecular weight excluding hydrogens is 1340 g/mol. The minimum atomic E-state index is -0.916. The predicted octanol–water partition coefficient (Wildman–Crippen LogP) is 7.28. The summed E-state index contributed by atoms with van der Waals surface area (Å²) in [6.45, 7) is 27.4. The Kier molecular flexibility index (Phi) is 26.3. The Morgan fingerprint density at radius 2 is 1.54 bits per heavy atom. The molecule has 1 saturated carbocycles. The van der Waals surface area contributed by atoms with E-state index in [0.29, 0.717) is 44.8 Å². The van der Waals surface area contributed by atoms with Crippen molar-refractivity contribution < 1.29 is 111 Å². The van der Waals surface area contributed by atoms with Gasteiger partial charge in [-0.1, -0.05) is 82.6 Å². The van der Waals surface area contributed by atoms with Gasteiger partial charge in [-0.05, 0) is 80.7 Å². The molecule has 0 radical (unpaired) electrons. The number of nitrogens with one attached hydrogen (secondary N) is 2. The number of nitrogens with zero attached hydrogens (tertiary/aromatic N) is 2. The maximum atomic E-state index is 13.7. The number of thiazole rings is 1. The fourth-order valence-electron chi connectivity index (χ4n) is 8.38. The normalized spacial score (nSPS) is 18.2. The fraction of sp³-hybridized carbons (Fsp3) is 0.510. The number of aliphatic hydroxyl groups is 2. The Bertz CT molecular complexity index is 2110. The van der Waals surface area contributed by atoms with Gasteiger partial charge in [0.2, 0.25) is 17.7 Å². The van der Waals surface area contributed by atoms with Crippen molar-refractivity contribution in [2.75, 3.05) is 46.2 Å². The number of rotatable bonds is 15. The maximum absolute atomic E-state index is 13.7. The van der Waals surface area contributed by atoms with E-state index in [-0.39, 0.29) is 112 Å². The molecule has 14 nitrogen and oxygen atoms in total. The number of aryl methyl sites for hydroxylation is 4. The van der Waals surface area contributed by atoms with Gasteiger partial charge in [0.25, 0.3) is 0 Å². The van der Waals surface area contributed by atoms with Crippen LogP contribution in [0.4, 0.5) is 0 Å². The Balaban J connectivity index is 0.000000472. The predicted molar refractivity (Wildman–Crippen MR) is 257 cm³/mol. The van der Waals surface area contributed by atoms with Gasteiger partial charge in [0, 0.05) is 13.0 Å². The molecule has 3 amide bonds. The fourth-order valence-corrected chi connectivity index (χ4v) is 9.19. The molecule has 0 unspecified atom stereocenters. The van der Waals surface area contributed by atoms with E-state index in [0.717, 1.165) is 56.8 Å². The van der Waals surface area contributed by atoms with Crippen molar-refractivity contribution in [3.8, 4) is 10.4 Å². The summed E-state index contributed by atoms with van der Waals surface area (Å²) in [6, 6.07) is 9.91. The summed E-state index contributed by atoms with van der Waals surface area (Å²) in [5, 5.41) is 26.9. The third kappa shape index (κ3) is 16.8. The van der Waals surface area contributed by atoms with Crippen LogP contribution in [-0.2, 0) is 38.1 Å². The van der Waals surface area contributed by atoms with Crippen LogP contribution in [0.1, 0.15) is 99.4 Å². The number of amides is 3. The first-order valence-corrected chi connectivity index (χ1v) is 23.4. The SMILES string of the molecule is Cc1cc(C)c(C2=C(O)C3(CC[CH-]CC3)OC2=O)c(C)c1.[CH2-]COCCOCC(=O)N[C@H](C(=O)N1C[C@H](O)C[C@H]1C(=O)N[C@@H](C)c1ccc(-c2scnc2C)cc1)C(C)(C)C.[CH2-]COC[CH2-].[U+2].[U+2]. The summed E-state index contributed by atoms with van der Waals surface area (Å²) in [4.78, 5) is 58.8. The van der Waals surface area contributed by atoms with Gasteiger partial charge in [0.05, 0.1) is 41.4 Å². The van der Waals surface area contributed by atoms with Crippen LogP contribution in [0.3, 0.4) is 0 Å². The third-order valence-electron chi connectivity index (χ3n) is 11.7. The molecule has 3 aromatic rings. The number of hydrogen-bond acceptors (Lipinski definition) is 12. The zero-order valence-electron chi connectivity index (χ0n) is 41.0. The van der Waals surface area contributed by atoms with E-state index < -0.39 is 41.0 Å². The monoisotopic (exact) mass is 1410 g/mol. The van der Waals surface area contributed by atoms with Gasteiger partial charge >= 0.3 is 68.2 Å². The number of carbonyl (C=O) groups excluding carboxylic acids is 4. The van der Waals surface area contributed by atoms with Crippen molar-refractivity contribution in [3.63, 3.8) is 0 Å². The Hall–Kier alpha value is -2.57. The van der Waals surface area contributed by atoms with Crippen LogP contribution in [0.25, 0.3) is 16.0 Å². The summed E-state index contributed by atoms with van der Waals surface area (Å²) in [6.07, 6.45) is 4.56. The number of aromatic nitrogens is 1. The Morgan fingerprint density at radius 1 is 0.956 bits per heavy atom. The molecule has 17 heteroatoms. The van der Waals surface area contributed by atoms with Crippen LogP contribution in [0.2, 0.25) is 0 Å². The average molecular weight is 1410 g/mol. The number of carbonyl (C=O) groups is 4. The van der Waals surface area contributed by atoms with Crippen LogP contribution in [0, 0.1) is 123 Å². The number of likely N-dealkylation sites (tertiary alicyclic amines) is 1. The zero-order valence-corrected chi connectivity index (χ0v) is 50.1. The first kappa shape index (κ1) is 61.6. The zero-order chi connectivity index (χ0) is 48.8. The van der Waals surface area contributed by atoms with Gasteiger partial charge in [-0.2, -0.15) is 12.8 Å². The number of hydrogen-bond donors (Lipinski definition) is 4. The van der Waals surface area contributed by atoms with Crippen LogP contribution >= 0.6 is 11.3 Å². The first-order valence-electron chi connectivity index (χ1n) is 22.5. The molecule has 368 valence electrons. The van der Waals surface area contributed by atoms with E-state index >= 15 is 0 Å². The molecule has 3 aliphatic rings. The van der Waals surface area contributed by atoms with Gasteiger partial charge in [-0.3, -0.25) is 14.4 Å². The van der Waals surface area contributed by atoms with Crippen molar-refractivity contribution in [2.45, 2.75) is 117 Å². The molecule has 2 aromatic carbocycles. The van der Waals surface area contributed by atoms with Crippen molar-refractivity contribution >= 4 is 40.6 Å². The number of β-amino-alcohol motifs (C(OH)–C–C–N with tert-alkyl or cyclic N) is 1. The third-order valence-corrected chi connectivity index (χ3v) is 12.7. The van der Waals surface area contributed by atoms with Crippen molar-refractivity contribution in [1.82, 2.24) is 20.5 Å². The second kappa shape index (κ2) is 29.1. The van der Waals surface area contributed by atoms with Gasteiger partial charge in [0.15, 0.2) is 11.4 Å². The van der Waals surface area contributed by atoms with Crippen molar-refractivity contribution in [2.24, 2.45) is 5.41 Å². The number of ether oxygens (including phenoxy) is 4. The summed E-state index contributed by atoms with van der Waals surface area (Å²) in [7, 11) is 0. The summed E-state index contributed by atoms with van der Waals surface area (Å²) >= 11 is 1.58. The van der Waals surface area contributed by atoms with Gasteiger partial charge < -0.3 is 71.9 Å². The van der Waals surface area contributed by atoms with Crippen molar-refractivity contribution in [3.05, 3.63) is 108 Å². The standard InChI is InChI=1S/C29H41N4O6S.C18H21O3.C4H8O.2U/c1-7-38-12-13-39-16-24(35)32-26(29(4,5)6)28(37)33-15-22(34)14-23(33)27(36)31-18(2)20-8-10-21(11-9-20)25-19(3)30-17-40-25;1-11-9-12(2)14(13(3)10-11)15-16(19)18(21-17(15)20)7-5-4-6-8-18;1-3-5-4-2;;/h8-11,17-18,22-23,26,34H,1,7,12-16H2,2-6H3,(H,31,36)(H,32,35);4,9-10,19H,5-8H2,1-3H3;1-4H2;;/q2*-1;-2;2*+2/t18-,22+,23-,26+;;;;/m0..../s1. The average Bonchev–Trinajstić information content (AvgIpc) is 3.94. The topological polar surface area (TPSA) is 186 Å². The molecule has 2 fully saturated rings. The molecule has 1 aliphatic carbocycles. The number of aliphatic hydroxyl groups excluding tert-OH is 2. The molecule has 68 heavy (non-hydrogen) atoms. The van der Waals surface area contributed by atoms with Crippen LogP contribution < -0.4 is 10.6 Å². The largest absolute Gasteiger partial charge is 2.00 e. The minimum absolute atomic E-state index is 0. The molecule has 4 N–H and O–H groups in total. The van der Waals surface area contributed by atoms with Crippen LogP contribution in [0.5, 0.6) is 0 Å². The molecular formula is C51H70N4O10SU2. The van der Waals surface area contributed by atoms with E-state index in [9.17, 15) is 29.4 Å². The molecule has 1 spiro atoms. The van der Waals surface area contributed by atoms with E-state index in [4.69, 9.17) is 14.2 Å². The molecule has 1 aromatic heterocycles. The summed E-state index contributed by atoms with van der Waals surface area (Å²) < 4.78 is 20.6. The maximum Gasteiger partial charge on any atom is 2.00 e. The smallest absolute Gasteiger partial charge is 0.507 e. The molecule has 6 rings (SSSR count). The minimum Gasteiger partial charge on any atom is -0.507 e. The Morgan fingerprint density at radius 3 is 2.07 bits per heavy atom. The second-order valence-corrected chi connectivity index (χ2v) is 18.8. The van der Waals surface area contributed by atoms with E-state index in [1.165, 1.54) is 4.90 Å². The molecule has 0 bridgehead atoms. The van der Waals surface area contributed by atoms with E-state index in [1.54, 1.807) is 11.3 Å². The summed E-state index contributed by atoms with van der Waals surface area (Å²) in [5.74, 6) is -1.48. The van der Waals surface area contributed by atoms with Gasteiger partial charge in [0.1, 0.15) is 24.3 Å². The van der Waals surface area contributed by atoms with Crippen LogP contribution in [-0.4, -0.2) is 114 Å². The summed E-state index contributed by atoms with van der Waals surface area (Å²) in [5.41, 5.74) is 7.69. The van der Waals surface area contributed by atoms with E-state index in [1.807, 2.05) is 97.3 Å². The number of esters is 1. The van der Waals surface area contributed by atoms with Gasteiger partial charge in [-0.15, -0.1) is 11.3 Å². The molecule has 1 saturated heterocycles. The van der Waals surface area contributed by atoms with Gasteiger partial charge in [-0.25, -0.2) is 9.78 Å². The second-order valence-electron chi connectivity index (χ2n) is 17.9. The molecule has 3 heterocycles. The van der Waals surface area contributed by atoms with E-state index in [2.05, 4.69) is 47.5 Å². The van der Waals surface area contributed by atoms with Crippen LogP contribution in [0.15, 0.2) is 47.7 Å². The molecule has 4 atom stereocenters. The Labute approximate surface area is 455 Å². The number of benzene rings is 2. The van der Waals surface area contributed by atoms with Crippen molar-refractivity contribution in [1.29, 1.82) is 0 Å².